The summed E-state index contributed by atoms with van der Waals surface area (Å²) in [5.41, 5.74) is 4.58. The third kappa shape index (κ3) is 4.65. The van der Waals surface area contributed by atoms with Crippen molar-refractivity contribution < 1.29 is 22.8 Å². The Morgan fingerprint density at radius 3 is 2.50 bits per heavy atom. The Bertz CT molecular complexity index is 520. The number of thioether (sulfide) groups is 1. The number of carbonyl (C=O) groups excluding carboxylic acids is 2. The van der Waals surface area contributed by atoms with Crippen molar-refractivity contribution in [2.24, 2.45) is 0 Å². The van der Waals surface area contributed by atoms with Gasteiger partial charge in [0, 0.05) is 17.6 Å². The maximum atomic E-state index is 12.4. The number of carbonyl (C=O) groups is 2. The molecule has 0 unspecified atom stereocenters. The van der Waals surface area contributed by atoms with Crippen LogP contribution in [0.5, 0.6) is 0 Å². The Morgan fingerprint density at radius 2 is 2.00 bits per heavy atom. The highest BCUT2D eigenvalue weighted by atomic mass is 32.2. The normalized spacial score (nSPS) is 11.0. The van der Waals surface area contributed by atoms with Crippen molar-refractivity contribution in [2.75, 3.05) is 18.5 Å². The predicted octanol–water partition coefficient (Wildman–Crippen LogP) is 1.84. The molecular formula is C11H12F3N3O2S. The number of urea groups is 1. The summed E-state index contributed by atoms with van der Waals surface area (Å²) in [5, 5.41) is 4.22. The monoisotopic (exact) mass is 307 g/mol. The molecule has 0 aliphatic carbocycles. The molecule has 0 saturated carbocycles. The number of benzene rings is 1. The van der Waals surface area contributed by atoms with Crippen LogP contribution in [0.3, 0.4) is 0 Å². The molecule has 9 heteroatoms. The first-order valence-electron chi connectivity index (χ1n) is 5.35. The first-order valence-corrected chi connectivity index (χ1v) is 6.33. The van der Waals surface area contributed by atoms with Crippen LogP contribution in [0.4, 0.5) is 23.7 Å². The Labute approximate surface area is 117 Å². The van der Waals surface area contributed by atoms with Crippen molar-refractivity contribution in [1.29, 1.82) is 0 Å². The fourth-order valence-corrected chi connectivity index (χ4v) is 1.97. The first kappa shape index (κ1) is 16.2. The van der Waals surface area contributed by atoms with Gasteiger partial charge in [-0.3, -0.25) is 10.1 Å². The van der Waals surface area contributed by atoms with Gasteiger partial charge in [-0.2, -0.15) is 13.2 Å². The van der Waals surface area contributed by atoms with Crippen molar-refractivity contribution in [3.05, 3.63) is 23.8 Å². The molecule has 0 heterocycles. The molecular weight excluding hydrogens is 295 g/mol. The van der Waals surface area contributed by atoms with Crippen molar-refractivity contribution in [2.45, 2.75) is 11.1 Å². The van der Waals surface area contributed by atoms with Crippen LogP contribution in [0.2, 0.25) is 0 Å². The molecule has 0 radical (unpaired) electrons. The molecule has 0 aliphatic heterocycles. The second-order valence-corrected chi connectivity index (χ2v) is 4.68. The van der Waals surface area contributed by atoms with Crippen LogP contribution in [0.15, 0.2) is 23.1 Å². The molecule has 0 bridgehead atoms. The van der Waals surface area contributed by atoms with Gasteiger partial charge in [0.25, 0.3) is 0 Å². The average molecular weight is 307 g/mol. The van der Waals surface area contributed by atoms with Crippen molar-refractivity contribution in [3.63, 3.8) is 0 Å². The molecule has 0 fully saturated rings. The third-order valence-corrected chi connectivity index (χ3v) is 3.27. The number of amides is 3. The van der Waals surface area contributed by atoms with E-state index in [9.17, 15) is 22.8 Å². The van der Waals surface area contributed by atoms with Gasteiger partial charge >= 0.3 is 12.2 Å². The number of anilines is 1. The number of imide groups is 1. The van der Waals surface area contributed by atoms with E-state index in [0.29, 0.717) is 4.90 Å². The number of hydrogen-bond acceptors (Lipinski definition) is 4. The van der Waals surface area contributed by atoms with E-state index in [4.69, 9.17) is 5.73 Å². The number of nitrogens with two attached hydrogens (primary N) is 1. The molecule has 0 spiro atoms. The zero-order valence-corrected chi connectivity index (χ0v) is 11.2. The van der Waals surface area contributed by atoms with Gasteiger partial charge in [0.05, 0.1) is 11.3 Å². The molecule has 1 rings (SSSR count). The summed E-state index contributed by atoms with van der Waals surface area (Å²) in [5.74, 6) is -0.711. The number of alkyl halides is 3. The van der Waals surface area contributed by atoms with Crippen LogP contribution >= 0.6 is 11.8 Å². The van der Waals surface area contributed by atoms with Gasteiger partial charge in [0.2, 0.25) is 5.91 Å². The van der Waals surface area contributed by atoms with Crippen molar-refractivity contribution in [1.82, 2.24) is 10.6 Å². The van der Waals surface area contributed by atoms with Gasteiger partial charge in [-0.25, -0.2) is 4.79 Å². The SMILES string of the molecule is CNC(=O)NC(=O)CSc1ccc(C(F)(F)F)cc1N. The van der Waals surface area contributed by atoms with Gasteiger partial charge in [0.1, 0.15) is 0 Å². The molecule has 3 amide bonds. The Morgan fingerprint density at radius 1 is 1.35 bits per heavy atom. The van der Waals surface area contributed by atoms with E-state index in [1.165, 1.54) is 13.1 Å². The molecule has 1 aromatic rings. The lowest BCUT2D eigenvalue weighted by Crippen LogP contribution is -2.38. The quantitative estimate of drug-likeness (QED) is 0.587. The highest BCUT2D eigenvalue weighted by molar-refractivity contribution is 8.00. The number of nitrogens with one attached hydrogen (secondary N) is 2. The lowest BCUT2D eigenvalue weighted by Gasteiger charge is -2.10. The van der Waals surface area contributed by atoms with Gasteiger partial charge < -0.3 is 11.1 Å². The molecule has 4 N–H and O–H groups in total. The van der Waals surface area contributed by atoms with Crippen LogP contribution in [0, 0.1) is 0 Å². The zero-order valence-electron chi connectivity index (χ0n) is 10.4. The van der Waals surface area contributed by atoms with Crippen molar-refractivity contribution in [3.8, 4) is 0 Å². The smallest absolute Gasteiger partial charge is 0.398 e. The molecule has 5 nitrogen and oxygen atoms in total. The number of nitrogen functional groups attached to an aromatic ring is 1. The second kappa shape index (κ2) is 6.51. The van der Waals surface area contributed by atoms with Gasteiger partial charge in [-0.05, 0) is 18.2 Å². The van der Waals surface area contributed by atoms with Gasteiger partial charge in [-0.1, -0.05) is 0 Å². The minimum absolute atomic E-state index is 0.0717. The lowest BCUT2D eigenvalue weighted by atomic mass is 10.2. The zero-order chi connectivity index (χ0) is 15.3. The van der Waals surface area contributed by atoms with Crippen LogP contribution in [-0.4, -0.2) is 24.7 Å². The summed E-state index contributed by atoms with van der Waals surface area (Å²) >= 11 is 0.943. The summed E-state index contributed by atoms with van der Waals surface area (Å²) in [6, 6.07) is 2.22. The summed E-state index contributed by atoms with van der Waals surface area (Å²) < 4.78 is 37.3. The largest absolute Gasteiger partial charge is 0.416 e. The first-order chi connectivity index (χ1) is 9.24. The molecule has 20 heavy (non-hydrogen) atoms. The number of halogens is 3. The van der Waals surface area contributed by atoms with E-state index in [0.717, 1.165) is 23.9 Å². The van der Waals surface area contributed by atoms with Crippen LogP contribution in [0.25, 0.3) is 0 Å². The maximum Gasteiger partial charge on any atom is 0.416 e. The van der Waals surface area contributed by atoms with E-state index < -0.39 is 23.7 Å². The lowest BCUT2D eigenvalue weighted by molar-refractivity contribution is -0.137. The fourth-order valence-electron chi connectivity index (χ4n) is 1.22. The average Bonchev–Trinajstić information content (AvgIpc) is 2.35. The summed E-state index contributed by atoms with van der Waals surface area (Å²) in [7, 11) is 1.35. The van der Waals surface area contributed by atoms with Crippen LogP contribution < -0.4 is 16.4 Å². The highest BCUT2D eigenvalue weighted by Crippen LogP contribution is 2.34. The number of rotatable bonds is 3. The standard InChI is InChI=1S/C11H12F3N3O2S/c1-16-10(19)17-9(18)5-20-8-3-2-6(4-7(8)15)11(12,13)14/h2-4H,5,15H2,1H3,(H2,16,17,18,19). The summed E-state index contributed by atoms with van der Waals surface area (Å²) in [4.78, 5) is 22.5. The Hall–Kier alpha value is -1.90. The van der Waals surface area contributed by atoms with E-state index in [-0.39, 0.29) is 11.4 Å². The van der Waals surface area contributed by atoms with E-state index >= 15 is 0 Å². The van der Waals surface area contributed by atoms with Gasteiger partial charge in [-0.15, -0.1) is 11.8 Å². The molecule has 1 aromatic carbocycles. The Kier molecular flexibility index (Phi) is 5.26. The summed E-state index contributed by atoms with van der Waals surface area (Å²) in [6.45, 7) is 0. The van der Waals surface area contributed by atoms with E-state index in [1.807, 2.05) is 5.32 Å². The molecule has 0 aliphatic rings. The molecule has 0 atom stereocenters. The molecule has 0 aromatic heterocycles. The molecule has 0 saturated heterocycles. The topological polar surface area (TPSA) is 84.2 Å². The van der Waals surface area contributed by atoms with E-state index in [1.54, 1.807) is 0 Å². The summed E-state index contributed by atoms with van der Waals surface area (Å²) in [6.07, 6.45) is -4.46. The number of hydrogen-bond donors (Lipinski definition) is 3. The molecule has 110 valence electrons. The van der Waals surface area contributed by atoms with Gasteiger partial charge in [0.15, 0.2) is 0 Å². The van der Waals surface area contributed by atoms with Crippen LogP contribution in [0.1, 0.15) is 5.56 Å². The fraction of sp³-hybridized carbons (Fsp3) is 0.273. The minimum Gasteiger partial charge on any atom is -0.398 e. The van der Waals surface area contributed by atoms with Crippen molar-refractivity contribution >= 4 is 29.4 Å². The maximum absolute atomic E-state index is 12.4. The highest BCUT2D eigenvalue weighted by Gasteiger charge is 2.30. The Balaban J connectivity index is 2.66. The van der Waals surface area contributed by atoms with Crippen LogP contribution in [-0.2, 0) is 11.0 Å². The minimum atomic E-state index is -4.46. The predicted molar refractivity (Wildman–Crippen MR) is 69.2 cm³/mol. The third-order valence-electron chi connectivity index (χ3n) is 2.18. The van der Waals surface area contributed by atoms with E-state index in [2.05, 4.69) is 5.32 Å². The second-order valence-electron chi connectivity index (χ2n) is 3.67.